The first-order valence-electron chi connectivity index (χ1n) is 17.8. The maximum atomic E-state index is 15.1. The molecule has 0 N–H and O–H groups in total. The Morgan fingerprint density at radius 2 is 0.875 bits per heavy atom. The van der Waals surface area contributed by atoms with E-state index >= 15 is 8.78 Å². The zero-order valence-electron chi connectivity index (χ0n) is 31.0. The van der Waals surface area contributed by atoms with E-state index in [4.69, 9.17) is 0 Å². The number of hydrogen-bond acceptors (Lipinski definition) is 0. The van der Waals surface area contributed by atoms with Crippen molar-refractivity contribution in [3.63, 3.8) is 0 Å². The lowest BCUT2D eigenvalue weighted by Gasteiger charge is -2.50. The predicted octanol–water partition coefficient (Wildman–Crippen LogP) is 13.7. The highest BCUT2D eigenvalue weighted by Gasteiger charge is 2.41. The highest BCUT2D eigenvalue weighted by atomic mass is 28.3. The molecule has 0 bridgehead atoms. The largest absolute Gasteiger partial charge is 0.278 e. The summed E-state index contributed by atoms with van der Waals surface area (Å²) in [7, 11) is -4.27. The molecule has 0 fully saturated rings. The molecule has 0 heterocycles. The van der Waals surface area contributed by atoms with Crippen molar-refractivity contribution in [3.8, 4) is 22.9 Å². The van der Waals surface area contributed by atoms with Gasteiger partial charge in [0.2, 0.25) is 0 Å². The first-order valence-corrected chi connectivity index (χ1v) is 22.3. The van der Waals surface area contributed by atoms with Crippen LogP contribution in [0.1, 0.15) is 94.2 Å². The molecule has 0 aromatic heterocycles. The summed E-state index contributed by atoms with van der Waals surface area (Å²) in [4.78, 5) is 0. The number of hydrogen-bond donors (Lipinski definition) is 0. The average molecular weight is 675 g/mol. The summed E-state index contributed by atoms with van der Waals surface area (Å²) in [6, 6.07) is 18.5. The van der Waals surface area contributed by atoms with E-state index in [1.165, 1.54) is 12.1 Å². The van der Waals surface area contributed by atoms with Crippen LogP contribution in [0.4, 0.5) is 8.78 Å². The first kappa shape index (κ1) is 35.9. The Hall–Kier alpha value is -3.45. The van der Waals surface area contributed by atoms with E-state index in [9.17, 15) is 0 Å². The van der Waals surface area contributed by atoms with Crippen molar-refractivity contribution >= 4 is 59.2 Å². The van der Waals surface area contributed by atoms with Crippen LogP contribution in [-0.2, 0) is 0 Å². The Bertz CT molecular complexity index is 1950. The number of rotatable bonds is 6. The second-order valence-corrected chi connectivity index (χ2v) is 26.9. The molecule has 251 valence electrons. The molecule has 0 unspecified atom stereocenters. The fourth-order valence-corrected chi connectivity index (χ4v) is 19.7. The molecule has 0 aliphatic heterocycles. The Labute approximate surface area is 289 Å². The monoisotopic (exact) mass is 674 g/mol. The van der Waals surface area contributed by atoms with Crippen LogP contribution in [0.15, 0.2) is 60.7 Å². The van der Waals surface area contributed by atoms with Gasteiger partial charge in [0.15, 0.2) is 0 Å². The molecule has 0 nitrogen and oxygen atoms in total. The van der Waals surface area contributed by atoms with Gasteiger partial charge in [-0.25, -0.2) is 8.78 Å². The molecule has 4 heteroatoms. The van der Waals surface area contributed by atoms with Crippen molar-refractivity contribution in [1.82, 2.24) is 0 Å². The third-order valence-electron chi connectivity index (χ3n) is 11.5. The van der Waals surface area contributed by atoms with Crippen molar-refractivity contribution in [2.75, 3.05) is 0 Å². The number of fused-ring (bicyclic) bond motifs is 6. The first-order chi connectivity index (χ1) is 22.6. The number of halogens is 2. The van der Waals surface area contributed by atoms with E-state index in [2.05, 4.69) is 130 Å². The molecule has 5 aromatic carbocycles. The van der Waals surface area contributed by atoms with Gasteiger partial charge >= 0.3 is 0 Å². The quantitative estimate of drug-likeness (QED) is 0.0728. The lowest BCUT2D eigenvalue weighted by molar-refractivity contribution is 0.629. The van der Waals surface area contributed by atoms with Crippen LogP contribution in [0, 0.1) is 34.6 Å². The Morgan fingerprint density at radius 1 is 0.500 bits per heavy atom. The average Bonchev–Trinajstić information content (AvgIpc) is 3.00. The number of benzene rings is 5. The fourth-order valence-electron chi connectivity index (χ4n) is 9.28. The van der Waals surface area contributed by atoms with E-state index in [-0.39, 0.29) is 11.6 Å². The van der Waals surface area contributed by atoms with Gasteiger partial charge in [0, 0.05) is 21.9 Å². The van der Waals surface area contributed by atoms with Crippen LogP contribution < -0.4 is 0 Å². The van der Waals surface area contributed by atoms with Crippen molar-refractivity contribution in [1.29, 1.82) is 0 Å². The zero-order chi connectivity index (χ0) is 35.3. The summed E-state index contributed by atoms with van der Waals surface area (Å²) < 4.78 is 30.3. The molecule has 0 aliphatic carbocycles. The Balaban J connectivity index is 2.11. The molecule has 5 rings (SSSR count). The molecule has 48 heavy (non-hydrogen) atoms. The molecule has 0 aliphatic rings. The third-order valence-corrected chi connectivity index (χ3v) is 24.1. The summed E-state index contributed by atoms with van der Waals surface area (Å²) in [6.07, 6.45) is 0. The SMILES string of the molecule is CC(C)[Si](C#Cc1c2ccc3ccc(F)cc3c2c(C#C[Si-](C(C)C)(C(C)C)C(C)C)c2ccc3ccc(F)cc3c12)(C(C)C)C(C)C. The minimum Gasteiger partial charge on any atom is -0.278 e. The Morgan fingerprint density at radius 3 is 1.25 bits per heavy atom. The van der Waals surface area contributed by atoms with Crippen LogP contribution in [0.25, 0.3) is 43.1 Å². The molecule has 0 saturated heterocycles. The van der Waals surface area contributed by atoms with E-state index in [1.807, 2.05) is 12.1 Å². The van der Waals surface area contributed by atoms with Crippen LogP contribution in [0.5, 0.6) is 0 Å². The lowest BCUT2D eigenvalue weighted by atomic mass is 9.87. The van der Waals surface area contributed by atoms with Gasteiger partial charge in [-0.05, 0) is 73.2 Å². The maximum Gasteiger partial charge on any atom is 0.146 e. The van der Waals surface area contributed by atoms with E-state index < -0.39 is 16.1 Å². The van der Waals surface area contributed by atoms with Gasteiger partial charge in [0.05, 0.1) is 0 Å². The van der Waals surface area contributed by atoms with E-state index in [0.29, 0.717) is 33.2 Å². The Kier molecular flexibility index (Phi) is 10.1. The minimum absolute atomic E-state index is 0.275. The van der Waals surface area contributed by atoms with Gasteiger partial charge in [-0.1, -0.05) is 133 Å². The molecular weight excluding hydrogens is 623 g/mol. The highest BCUT2D eigenvalue weighted by molar-refractivity contribution is 6.91. The van der Waals surface area contributed by atoms with Gasteiger partial charge in [0.25, 0.3) is 0 Å². The predicted molar refractivity (Wildman–Crippen MR) is 212 cm³/mol. The molecule has 0 spiro atoms. The fraction of sp³-hybridized carbons (Fsp3) is 0.409. The summed E-state index contributed by atoms with van der Waals surface area (Å²) in [5, 5.41) is 7.41. The standard InChI is InChI=1S/C44H52F2Si2/c1-27(2)47(28(3)4,29(5)6)23-21-39-37-19-15-34-14-18-36(46)26-42(34)44(37)40(22-24-48(30(7)8,31(9)10)32(11)12)38-20-16-33-13-17-35(45)25-41(33)43(38)39/h13-20,25-32H,1-12H3/q-1. The van der Waals surface area contributed by atoms with Crippen LogP contribution in [-0.4, -0.2) is 16.1 Å². The van der Waals surface area contributed by atoms with E-state index in [0.717, 1.165) is 54.2 Å². The normalized spacial score (nSPS) is 12.8. The maximum absolute atomic E-state index is 15.1. The van der Waals surface area contributed by atoms with Crippen LogP contribution in [0.2, 0.25) is 33.2 Å². The van der Waals surface area contributed by atoms with E-state index in [1.54, 1.807) is 12.1 Å². The topological polar surface area (TPSA) is 0 Å². The second-order valence-electron chi connectivity index (χ2n) is 15.8. The van der Waals surface area contributed by atoms with Crippen molar-refractivity contribution in [3.05, 3.63) is 83.4 Å². The summed E-state index contributed by atoms with van der Waals surface area (Å²) in [5.41, 5.74) is 12.5. The molecule has 5 aromatic rings. The highest BCUT2D eigenvalue weighted by Crippen LogP contribution is 2.44. The summed E-state index contributed by atoms with van der Waals surface area (Å²) in [5.74, 6) is 7.08. The van der Waals surface area contributed by atoms with Gasteiger partial charge in [-0.3, -0.25) is 5.54 Å². The lowest BCUT2D eigenvalue weighted by Crippen LogP contribution is -2.43. The molecule has 0 amide bonds. The zero-order valence-corrected chi connectivity index (χ0v) is 33.0. The molecule has 0 radical (unpaired) electrons. The van der Waals surface area contributed by atoms with Gasteiger partial charge in [-0.15, -0.1) is 28.1 Å². The molecule has 0 atom stereocenters. The third kappa shape index (κ3) is 5.80. The van der Waals surface area contributed by atoms with Crippen molar-refractivity contribution < 1.29 is 8.78 Å². The van der Waals surface area contributed by atoms with Gasteiger partial charge in [0.1, 0.15) is 19.7 Å². The van der Waals surface area contributed by atoms with Crippen LogP contribution >= 0.6 is 0 Å². The van der Waals surface area contributed by atoms with Crippen molar-refractivity contribution in [2.24, 2.45) is 0 Å². The summed E-state index contributed by atoms with van der Waals surface area (Å²) >= 11 is 0. The van der Waals surface area contributed by atoms with Crippen molar-refractivity contribution in [2.45, 2.75) is 116 Å². The molecule has 0 saturated carbocycles. The smallest absolute Gasteiger partial charge is 0.146 e. The molecular formula is C44H52F2Si2-. The van der Waals surface area contributed by atoms with Gasteiger partial charge < -0.3 is 0 Å². The van der Waals surface area contributed by atoms with Gasteiger partial charge in [-0.2, -0.15) is 0 Å². The minimum atomic E-state index is -2.14. The van der Waals surface area contributed by atoms with Crippen LogP contribution in [0.3, 0.4) is 0 Å². The second kappa shape index (κ2) is 13.5. The summed E-state index contributed by atoms with van der Waals surface area (Å²) in [6.45, 7) is 27.9.